The topological polar surface area (TPSA) is 81.7 Å². The smallest absolute Gasteiger partial charge is 0.262 e. The number of Topliss-reactive ketones (excluding diaryl/α,β-unsaturated/α-hetero) is 2. The average Bonchev–Trinajstić information content (AvgIpc) is 3.05. The fraction of sp³-hybridized carbons (Fsp3) is 0.115. The van der Waals surface area contributed by atoms with Crippen molar-refractivity contribution in [3.05, 3.63) is 95.1 Å². The summed E-state index contributed by atoms with van der Waals surface area (Å²) < 4.78 is 11.1. The summed E-state index contributed by atoms with van der Waals surface area (Å²) in [4.78, 5) is 37.6. The first-order valence-electron chi connectivity index (χ1n) is 10.2. The second-order valence-corrected chi connectivity index (χ2v) is 7.09. The lowest BCUT2D eigenvalue weighted by Gasteiger charge is -2.10. The highest BCUT2D eigenvalue weighted by atomic mass is 16.5. The molecule has 6 nitrogen and oxygen atoms in total. The van der Waals surface area contributed by atoms with E-state index in [0.717, 1.165) is 5.75 Å². The monoisotopic (exact) mass is 427 g/mol. The molecule has 0 radical (unpaired) electrons. The van der Waals surface area contributed by atoms with Crippen molar-refractivity contribution in [2.24, 2.45) is 0 Å². The first-order chi connectivity index (χ1) is 15.6. The van der Waals surface area contributed by atoms with Crippen LogP contribution in [0.4, 0.5) is 5.69 Å². The Hall–Kier alpha value is -4.19. The van der Waals surface area contributed by atoms with Gasteiger partial charge >= 0.3 is 0 Å². The normalized spacial score (nSPS) is 12.3. The SMILES string of the molecule is CCOc1ccc(NC(=O)COc2ccccc2C=C2C(=O)c3ccccc3C2=O)cc1. The number of allylic oxidation sites excluding steroid dienone is 1. The molecule has 6 heteroatoms. The van der Waals surface area contributed by atoms with Gasteiger partial charge in [0.25, 0.3) is 5.91 Å². The standard InChI is InChI=1S/C26H21NO5/c1-2-31-19-13-11-18(12-14-19)27-24(28)16-32-23-10-6-3-7-17(23)15-22-25(29)20-8-4-5-9-21(20)26(22)30/h3-15H,2,16H2,1H3,(H,27,28). The van der Waals surface area contributed by atoms with Gasteiger partial charge in [-0.25, -0.2) is 0 Å². The Labute approximate surface area is 185 Å². The number of rotatable bonds is 7. The Balaban J connectivity index is 1.45. The van der Waals surface area contributed by atoms with Crippen molar-refractivity contribution in [3.63, 3.8) is 0 Å². The number of ketones is 2. The Morgan fingerprint density at radius 2 is 1.47 bits per heavy atom. The van der Waals surface area contributed by atoms with Gasteiger partial charge in [0.2, 0.25) is 0 Å². The van der Waals surface area contributed by atoms with Crippen LogP contribution in [0.1, 0.15) is 33.2 Å². The van der Waals surface area contributed by atoms with Crippen LogP contribution in [0.15, 0.2) is 78.4 Å². The van der Waals surface area contributed by atoms with Crippen LogP contribution < -0.4 is 14.8 Å². The molecule has 1 aliphatic rings. The number of hydrogen-bond donors (Lipinski definition) is 1. The second kappa shape index (κ2) is 9.31. The summed E-state index contributed by atoms with van der Waals surface area (Å²) in [7, 11) is 0. The van der Waals surface area contributed by atoms with Crippen LogP contribution in [0.25, 0.3) is 6.08 Å². The molecule has 1 aliphatic carbocycles. The van der Waals surface area contributed by atoms with Gasteiger partial charge in [0.1, 0.15) is 11.5 Å². The summed E-state index contributed by atoms with van der Waals surface area (Å²) in [6, 6.07) is 20.7. The number of ether oxygens (including phenoxy) is 2. The third-order valence-electron chi connectivity index (χ3n) is 4.93. The second-order valence-electron chi connectivity index (χ2n) is 7.09. The van der Waals surface area contributed by atoms with E-state index in [2.05, 4.69) is 5.32 Å². The molecular formula is C26H21NO5. The van der Waals surface area contributed by atoms with Crippen LogP contribution in [0.2, 0.25) is 0 Å². The molecule has 32 heavy (non-hydrogen) atoms. The van der Waals surface area contributed by atoms with E-state index >= 15 is 0 Å². The minimum Gasteiger partial charge on any atom is -0.494 e. The van der Waals surface area contributed by atoms with Crippen LogP contribution in [-0.2, 0) is 4.79 Å². The lowest BCUT2D eigenvalue weighted by atomic mass is 10.1. The van der Waals surface area contributed by atoms with E-state index in [9.17, 15) is 14.4 Å². The van der Waals surface area contributed by atoms with Crippen molar-refractivity contribution in [2.45, 2.75) is 6.92 Å². The number of para-hydroxylation sites is 1. The molecule has 0 atom stereocenters. The number of carbonyl (C=O) groups is 3. The molecule has 4 rings (SSSR count). The van der Waals surface area contributed by atoms with E-state index in [1.54, 1.807) is 72.8 Å². The highest BCUT2D eigenvalue weighted by Crippen LogP contribution is 2.30. The van der Waals surface area contributed by atoms with Gasteiger partial charge in [-0.1, -0.05) is 42.5 Å². The van der Waals surface area contributed by atoms with Crippen LogP contribution in [-0.4, -0.2) is 30.7 Å². The Morgan fingerprint density at radius 1 is 0.844 bits per heavy atom. The summed E-state index contributed by atoms with van der Waals surface area (Å²) in [5.41, 5.74) is 2.05. The maximum atomic E-state index is 12.7. The summed E-state index contributed by atoms with van der Waals surface area (Å²) in [6.07, 6.45) is 1.52. The minimum absolute atomic E-state index is 0.0843. The van der Waals surface area contributed by atoms with E-state index in [0.29, 0.717) is 34.7 Å². The lowest BCUT2D eigenvalue weighted by molar-refractivity contribution is -0.118. The molecule has 0 aromatic heterocycles. The Kier molecular flexibility index (Phi) is 6.12. The molecule has 0 heterocycles. The van der Waals surface area contributed by atoms with Gasteiger partial charge in [-0.15, -0.1) is 0 Å². The van der Waals surface area contributed by atoms with Crippen molar-refractivity contribution >= 4 is 29.2 Å². The van der Waals surface area contributed by atoms with Crippen LogP contribution in [0.5, 0.6) is 11.5 Å². The number of amides is 1. The van der Waals surface area contributed by atoms with Crippen molar-refractivity contribution in [2.75, 3.05) is 18.5 Å². The quantitative estimate of drug-likeness (QED) is 0.441. The van der Waals surface area contributed by atoms with Gasteiger partial charge in [-0.05, 0) is 43.3 Å². The molecule has 0 saturated heterocycles. The van der Waals surface area contributed by atoms with Crippen LogP contribution in [0, 0.1) is 0 Å². The Morgan fingerprint density at radius 3 is 2.12 bits per heavy atom. The van der Waals surface area contributed by atoms with Gasteiger partial charge in [0.15, 0.2) is 18.2 Å². The zero-order chi connectivity index (χ0) is 22.5. The van der Waals surface area contributed by atoms with E-state index in [1.807, 2.05) is 6.92 Å². The average molecular weight is 427 g/mol. The third-order valence-corrected chi connectivity index (χ3v) is 4.93. The summed E-state index contributed by atoms with van der Waals surface area (Å²) in [6.45, 7) is 2.24. The fourth-order valence-electron chi connectivity index (χ4n) is 3.43. The number of hydrogen-bond acceptors (Lipinski definition) is 5. The maximum Gasteiger partial charge on any atom is 0.262 e. The van der Waals surface area contributed by atoms with Gasteiger partial charge < -0.3 is 14.8 Å². The number of benzene rings is 3. The molecule has 1 amide bonds. The molecule has 0 spiro atoms. The molecule has 0 saturated carbocycles. The third kappa shape index (κ3) is 4.44. The number of anilines is 1. The van der Waals surface area contributed by atoms with Crippen LogP contribution in [0.3, 0.4) is 0 Å². The number of carbonyl (C=O) groups excluding carboxylic acids is 3. The predicted molar refractivity (Wildman–Crippen MR) is 121 cm³/mol. The van der Waals surface area contributed by atoms with Crippen molar-refractivity contribution in [1.82, 2.24) is 0 Å². The molecule has 3 aromatic carbocycles. The molecule has 0 aliphatic heterocycles. The largest absolute Gasteiger partial charge is 0.494 e. The lowest BCUT2D eigenvalue weighted by Crippen LogP contribution is -2.20. The molecule has 160 valence electrons. The maximum absolute atomic E-state index is 12.7. The minimum atomic E-state index is -0.336. The zero-order valence-electron chi connectivity index (χ0n) is 17.5. The number of fused-ring (bicyclic) bond motifs is 1. The molecule has 0 bridgehead atoms. The van der Waals surface area contributed by atoms with Crippen molar-refractivity contribution in [3.8, 4) is 11.5 Å². The van der Waals surface area contributed by atoms with E-state index in [-0.39, 0.29) is 29.7 Å². The first-order valence-corrected chi connectivity index (χ1v) is 10.2. The summed E-state index contributed by atoms with van der Waals surface area (Å²) in [5, 5.41) is 2.76. The highest BCUT2D eigenvalue weighted by molar-refractivity contribution is 6.41. The first kappa shape index (κ1) is 21.1. The molecular weight excluding hydrogens is 406 g/mol. The molecule has 0 unspecified atom stereocenters. The Bertz CT molecular complexity index is 1170. The van der Waals surface area contributed by atoms with Gasteiger partial charge in [0.05, 0.1) is 12.2 Å². The number of nitrogens with one attached hydrogen (secondary N) is 1. The van der Waals surface area contributed by atoms with Crippen LogP contribution >= 0.6 is 0 Å². The van der Waals surface area contributed by atoms with Gasteiger partial charge in [-0.3, -0.25) is 14.4 Å². The van der Waals surface area contributed by atoms with E-state index in [4.69, 9.17) is 9.47 Å². The van der Waals surface area contributed by atoms with E-state index in [1.165, 1.54) is 6.08 Å². The van der Waals surface area contributed by atoms with Crippen molar-refractivity contribution < 1.29 is 23.9 Å². The fourth-order valence-corrected chi connectivity index (χ4v) is 3.43. The highest BCUT2D eigenvalue weighted by Gasteiger charge is 2.32. The summed E-state index contributed by atoms with van der Waals surface area (Å²) >= 11 is 0. The van der Waals surface area contributed by atoms with Gasteiger partial charge in [0, 0.05) is 22.4 Å². The predicted octanol–water partition coefficient (Wildman–Crippen LogP) is 4.57. The molecule has 3 aromatic rings. The zero-order valence-corrected chi connectivity index (χ0v) is 17.5. The summed E-state index contributed by atoms with van der Waals surface area (Å²) in [5.74, 6) is 0.166. The van der Waals surface area contributed by atoms with Crippen molar-refractivity contribution in [1.29, 1.82) is 0 Å². The van der Waals surface area contributed by atoms with E-state index < -0.39 is 0 Å². The molecule has 0 fully saturated rings. The van der Waals surface area contributed by atoms with Gasteiger partial charge in [-0.2, -0.15) is 0 Å². The molecule has 1 N–H and O–H groups in total.